The lowest BCUT2D eigenvalue weighted by Gasteiger charge is -2.12. The molecule has 0 bridgehead atoms. The molecule has 0 saturated heterocycles. The molecule has 0 unspecified atom stereocenters. The number of nitrogens with one attached hydrogen (secondary N) is 2. The molecule has 23 heavy (non-hydrogen) atoms. The van der Waals surface area contributed by atoms with E-state index < -0.39 is 11.7 Å². The number of amides is 1. The SMILES string of the molecule is O=C(CNc1cc(C(F)(F)F)ccc1Cl)NCc1cccnc1. The zero-order valence-electron chi connectivity index (χ0n) is 11.8. The third-order valence-electron chi connectivity index (χ3n) is 2.95. The molecule has 0 spiro atoms. The molecule has 0 fully saturated rings. The van der Waals surface area contributed by atoms with E-state index >= 15 is 0 Å². The molecule has 122 valence electrons. The number of benzene rings is 1. The monoisotopic (exact) mass is 343 g/mol. The van der Waals surface area contributed by atoms with Crippen molar-refractivity contribution in [3.63, 3.8) is 0 Å². The number of nitrogens with zero attached hydrogens (tertiary/aromatic N) is 1. The van der Waals surface area contributed by atoms with Gasteiger partial charge < -0.3 is 10.6 Å². The fraction of sp³-hybridized carbons (Fsp3) is 0.200. The predicted molar refractivity (Wildman–Crippen MR) is 81.0 cm³/mol. The van der Waals surface area contributed by atoms with Crippen molar-refractivity contribution in [2.24, 2.45) is 0 Å². The molecule has 0 aliphatic rings. The van der Waals surface area contributed by atoms with Gasteiger partial charge in [0, 0.05) is 18.9 Å². The second-order valence-corrected chi connectivity index (χ2v) is 5.09. The Labute approximate surface area is 135 Å². The van der Waals surface area contributed by atoms with Gasteiger partial charge in [-0.25, -0.2) is 0 Å². The Balaban J connectivity index is 1.91. The number of rotatable bonds is 5. The average Bonchev–Trinajstić information content (AvgIpc) is 2.52. The fourth-order valence-corrected chi connectivity index (χ4v) is 1.96. The lowest BCUT2D eigenvalue weighted by Crippen LogP contribution is -2.29. The number of halogens is 4. The summed E-state index contributed by atoms with van der Waals surface area (Å²) >= 11 is 5.83. The number of alkyl halides is 3. The number of anilines is 1. The molecule has 0 aliphatic carbocycles. The molecule has 1 heterocycles. The summed E-state index contributed by atoms with van der Waals surface area (Å²) in [5.74, 6) is -0.373. The minimum atomic E-state index is -4.47. The molecular formula is C15H13ClF3N3O. The van der Waals surface area contributed by atoms with Crippen LogP contribution >= 0.6 is 11.6 Å². The van der Waals surface area contributed by atoms with E-state index in [2.05, 4.69) is 15.6 Å². The number of carbonyl (C=O) groups is 1. The van der Waals surface area contributed by atoms with E-state index in [0.717, 1.165) is 23.8 Å². The maximum atomic E-state index is 12.7. The second kappa shape index (κ2) is 7.32. The van der Waals surface area contributed by atoms with E-state index in [1.165, 1.54) is 0 Å². The van der Waals surface area contributed by atoms with Crippen LogP contribution in [0.2, 0.25) is 5.02 Å². The first-order valence-electron chi connectivity index (χ1n) is 6.62. The highest BCUT2D eigenvalue weighted by Crippen LogP contribution is 2.33. The van der Waals surface area contributed by atoms with Gasteiger partial charge in [-0.3, -0.25) is 9.78 Å². The molecule has 0 radical (unpaired) electrons. The van der Waals surface area contributed by atoms with Gasteiger partial charge in [-0.2, -0.15) is 13.2 Å². The third kappa shape index (κ3) is 5.14. The summed E-state index contributed by atoms with van der Waals surface area (Å²) in [6.45, 7) is 0.0893. The van der Waals surface area contributed by atoms with Gasteiger partial charge in [0.25, 0.3) is 0 Å². The summed E-state index contributed by atoms with van der Waals surface area (Å²) in [6, 6.07) is 6.43. The highest BCUT2D eigenvalue weighted by Gasteiger charge is 2.30. The minimum absolute atomic E-state index is 0.0537. The molecule has 2 aromatic rings. The maximum absolute atomic E-state index is 12.7. The maximum Gasteiger partial charge on any atom is 0.416 e. The third-order valence-corrected chi connectivity index (χ3v) is 3.28. The van der Waals surface area contributed by atoms with Crippen LogP contribution in [-0.4, -0.2) is 17.4 Å². The van der Waals surface area contributed by atoms with Crippen LogP contribution in [0.15, 0.2) is 42.7 Å². The summed E-state index contributed by atoms with van der Waals surface area (Å²) in [6.07, 6.45) is -1.25. The first-order valence-corrected chi connectivity index (χ1v) is 7.00. The molecule has 1 aromatic carbocycles. The summed E-state index contributed by atoms with van der Waals surface area (Å²) in [5.41, 5.74) is 0.0381. The van der Waals surface area contributed by atoms with E-state index in [1.54, 1.807) is 24.5 Å². The van der Waals surface area contributed by atoms with Crippen molar-refractivity contribution < 1.29 is 18.0 Å². The van der Waals surface area contributed by atoms with E-state index in [1.807, 2.05) is 0 Å². The molecule has 8 heteroatoms. The van der Waals surface area contributed by atoms with Crippen molar-refractivity contribution in [2.75, 3.05) is 11.9 Å². The smallest absolute Gasteiger partial charge is 0.375 e. The summed E-state index contributed by atoms with van der Waals surface area (Å²) < 4.78 is 38.0. The van der Waals surface area contributed by atoms with E-state index in [-0.39, 0.29) is 29.7 Å². The minimum Gasteiger partial charge on any atom is -0.375 e. The van der Waals surface area contributed by atoms with Crippen LogP contribution in [0.25, 0.3) is 0 Å². The number of carbonyl (C=O) groups excluding carboxylic acids is 1. The first kappa shape index (κ1) is 17.1. The lowest BCUT2D eigenvalue weighted by molar-refractivity contribution is -0.137. The molecule has 2 rings (SSSR count). The normalized spacial score (nSPS) is 11.1. The van der Waals surface area contributed by atoms with Gasteiger partial charge >= 0.3 is 6.18 Å². The van der Waals surface area contributed by atoms with Crippen molar-refractivity contribution >= 4 is 23.2 Å². The second-order valence-electron chi connectivity index (χ2n) is 4.68. The van der Waals surface area contributed by atoms with Crippen LogP contribution in [0.4, 0.5) is 18.9 Å². The van der Waals surface area contributed by atoms with Crippen LogP contribution in [0.3, 0.4) is 0 Å². The highest BCUT2D eigenvalue weighted by molar-refractivity contribution is 6.33. The van der Waals surface area contributed by atoms with Gasteiger partial charge in [-0.05, 0) is 29.8 Å². The Morgan fingerprint density at radius 2 is 2.04 bits per heavy atom. The molecule has 4 nitrogen and oxygen atoms in total. The largest absolute Gasteiger partial charge is 0.416 e. The molecule has 0 aliphatic heterocycles. The Morgan fingerprint density at radius 3 is 2.70 bits per heavy atom. The lowest BCUT2D eigenvalue weighted by atomic mass is 10.2. The summed E-state index contributed by atoms with van der Waals surface area (Å²) in [7, 11) is 0. The number of hydrogen-bond donors (Lipinski definition) is 2. The van der Waals surface area contributed by atoms with Crippen LogP contribution < -0.4 is 10.6 Å². The Hall–Kier alpha value is -2.28. The van der Waals surface area contributed by atoms with Gasteiger partial charge in [0.05, 0.1) is 22.8 Å². The van der Waals surface area contributed by atoms with Crippen LogP contribution in [-0.2, 0) is 17.5 Å². The van der Waals surface area contributed by atoms with Gasteiger partial charge in [0.2, 0.25) is 5.91 Å². The van der Waals surface area contributed by atoms with Gasteiger partial charge in [-0.1, -0.05) is 17.7 Å². The zero-order valence-corrected chi connectivity index (χ0v) is 12.6. The Morgan fingerprint density at radius 1 is 1.26 bits per heavy atom. The molecule has 1 amide bonds. The van der Waals surface area contributed by atoms with E-state index in [4.69, 9.17) is 11.6 Å². The molecule has 1 aromatic heterocycles. The van der Waals surface area contributed by atoms with Crippen LogP contribution in [0, 0.1) is 0 Å². The highest BCUT2D eigenvalue weighted by atomic mass is 35.5. The summed E-state index contributed by atoms with van der Waals surface area (Å²) in [4.78, 5) is 15.6. The van der Waals surface area contributed by atoms with Crippen LogP contribution in [0.1, 0.15) is 11.1 Å². The molecular weight excluding hydrogens is 331 g/mol. The summed E-state index contributed by atoms with van der Waals surface area (Å²) in [5, 5.41) is 5.34. The number of hydrogen-bond acceptors (Lipinski definition) is 3. The van der Waals surface area contributed by atoms with Gasteiger partial charge in [-0.15, -0.1) is 0 Å². The fourth-order valence-electron chi connectivity index (χ4n) is 1.78. The van der Waals surface area contributed by atoms with Gasteiger partial charge in [0.1, 0.15) is 0 Å². The Kier molecular flexibility index (Phi) is 5.44. The predicted octanol–water partition coefficient (Wildman–Crippen LogP) is 3.48. The van der Waals surface area contributed by atoms with E-state index in [0.29, 0.717) is 0 Å². The van der Waals surface area contributed by atoms with Crippen molar-refractivity contribution in [2.45, 2.75) is 12.7 Å². The van der Waals surface area contributed by atoms with Crippen LogP contribution in [0.5, 0.6) is 0 Å². The topological polar surface area (TPSA) is 54.0 Å². The first-order chi connectivity index (χ1) is 10.9. The van der Waals surface area contributed by atoms with Crippen molar-refractivity contribution in [3.05, 3.63) is 58.9 Å². The van der Waals surface area contributed by atoms with Crippen molar-refractivity contribution in [3.8, 4) is 0 Å². The quantitative estimate of drug-likeness (QED) is 0.874. The van der Waals surface area contributed by atoms with E-state index in [9.17, 15) is 18.0 Å². The number of pyridine rings is 1. The molecule has 0 saturated carbocycles. The molecule has 2 N–H and O–H groups in total. The zero-order chi connectivity index (χ0) is 16.9. The average molecular weight is 344 g/mol. The molecule has 0 atom stereocenters. The van der Waals surface area contributed by atoms with Gasteiger partial charge in [0.15, 0.2) is 0 Å². The standard InChI is InChI=1S/C15H13ClF3N3O/c16-12-4-3-11(15(17,18)19)6-13(12)21-9-14(23)22-8-10-2-1-5-20-7-10/h1-7,21H,8-9H2,(H,22,23). The number of aromatic nitrogens is 1. The van der Waals surface area contributed by atoms with Crippen molar-refractivity contribution in [1.29, 1.82) is 0 Å². The Bertz CT molecular complexity index is 677. The van der Waals surface area contributed by atoms with Crippen molar-refractivity contribution in [1.82, 2.24) is 10.3 Å².